The van der Waals surface area contributed by atoms with E-state index in [0.29, 0.717) is 6.61 Å². The molecular formula is C14H17NO3. The van der Waals surface area contributed by atoms with Gasteiger partial charge in [-0.3, -0.25) is 0 Å². The molecular weight excluding hydrogens is 230 g/mol. The van der Waals surface area contributed by atoms with E-state index < -0.39 is 0 Å². The summed E-state index contributed by atoms with van der Waals surface area (Å²) in [5, 5.41) is 4.60. The first kappa shape index (κ1) is 11.6. The number of benzene rings is 1. The Morgan fingerprint density at radius 2 is 2.28 bits per heavy atom. The average molecular weight is 247 g/mol. The highest BCUT2D eigenvalue weighted by Crippen LogP contribution is 2.32. The fourth-order valence-corrected chi connectivity index (χ4v) is 2.43. The lowest BCUT2D eigenvalue weighted by Gasteiger charge is -2.17. The summed E-state index contributed by atoms with van der Waals surface area (Å²) >= 11 is 0. The molecule has 1 atom stereocenters. The van der Waals surface area contributed by atoms with Crippen molar-refractivity contribution in [3.63, 3.8) is 0 Å². The third kappa shape index (κ3) is 1.98. The van der Waals surface area contributed by atoms with Crippen molar-refractivity contribution in [1.29, 1.82) is 0 Å². The van der Waals surface area contributed by atoms with Gasteiger partial charge in [0.25, 0.3) is 0 Å². The van der Waals surface area contributed by atoms with E-state index in [1.54, 1.807) is 13.4 Å². The maximum Gasteiger partial charge on any atom is 0.176 e. The van der Waals surface area contributed by atoms with Gasteiger partial charge in [-0.05, 0) is 30.7 Å². The van der Waals surface area contributed by atoms with Gasteiger partial charge in [0, 0.05) is 12.0 Å². The van der Waals surface area contributed by atoms with E-state index in [0.717, 1.165) is 36.3 Å². The van der Waals surface area contributed by atoms with Gasteiger partial charge in [0.05, 0.1) is 26.0 Å². The molecule has 0 spiro atoms. The average Bonchev–Trinajstić information content (AvgIpc) is 2.73. The second kappa shape index (κ2) is 5.00. The molecule has 1 aromatic heterocycles. The molecule has 1 unspecified atom stereocenters. The number of fused-ring (bicyclic) bond motifs is 1. The second-order valence-corrected chi connectivity index (χ2v) is 4.46. The van der Waals surface area contributed by atoms with E-state index in [2.05, 4.69) is 11.4 Å². The van der Waals surface area contributed by atoms with E-state index in [-0.39, 0.29) is 6.04 Å². The minimum atomic E-state index is 0.221. The number of rotatable bonds is 2. The highest BCUT2D eigenvalue weighted by atomic mass is 16.5. The van der Waals surface area contributed by atoms with Crippen LogP contribution in [-0.4, -0.2) is 26.9 Å². The van der Waals surface area contributed by atoms with Crippen LogP contribution in [0.3, 0.4) is 0 Å². The monoisotopic (exact) mass is 247 g/mol. The molecule has 3 rings (SSSR count). The van der Waals surface area contributed by atoms with Crippen molar-refractivity contribution in [2.45, 2.75) is 12.5 Å². The van der Waals surface area contributed by atoms with Crippen LogP contribution in [0.2, 0.25) is 0 Å². The highest BCUT2D eigenvalue weighted by Gasteiger charge is 2.19. The number of ether oxygens (including phenoxy) is 2. The molecule has 0 radical (unpaired) electrons. The zero-order chi connectivity index (χ0) is 12.4. The number of hydrogen-bond acceptors (Lipinski definition) is 4. The van der Waals surface area contributed by atoms with Crippen molar-refractivity contribution in [3.05, 3.63) is 30.0 Å². The van der Waals surface area contributed by atoms with Crippen LogP contribution < -0.4 is 10.1 Å². The molecule has 1 aliphatic heterocycles. The minimum absolute atomic E-state index is 0.221. The first-order chi connectivity index (χ1) is 8.90. The Bertz CT molecular complexity index is 527. The van der Waals surface area contributed by atoms with E-state index >= 15 is 0 Å². The standard InChI is InChI=1S/C14H17NO3/c1-16-13-4-3-10(11-5-8-18-14(11)13)12-9-17-7-2-6-15-12/h3-5,8,12,15H,2,6-7,9H2,1H3. The Morgan fingerprint density at radius 1 is 1.33 bits per heavy atom. The van der Waals surface area contributed by atoms with Crippen molar-refractivity contribution in [3.8, 4) is 5.75 Å². The summed E-state index contributed by atoms with van der Waals surface area (Å²) in [5.41, 5.74) is 2.02. The molecule has 2 heterocycles. The first-order valence-corrected chi connectivity index (χ1v) is 6.25. The van der Waals surface area contributed by atoms with Gasteiger partial charge < -0.3 is 19.2 Å². The maximum atomic E-state index is 5.62. The third-order valence-electron chi connectivity index (χ3n) is 3.35. The molecule has 1 N–H and O–H groups in total. The third-order valence-corrected chi connectivity index (χ3v) is 3.35. The Kier molecular flexibility index (Phi) is 3.21. The zero-order valence-electron chi connectivity index (χ0n) is 10.4. The zero-order valence-corrected chi connectivity index (χ0v) is 10.4. The summed E-state index contributed by atoms with van der Waals surface area (Å²) < 4.78 is 16.4. The summed E-state index contributed by atoms with van der Waals surface area (Å²) in [6.07, 6.45) is 2.76. The molecule has 4 nitrogen and oxygen atoms in total. The van der Waals surface area contributed by atoms with E-state index in [1.807, 2.05) is 12.1 Å². The minimum Gasteiger partial charge on any atom is -0.493 e. The molecule has 0 amide bonds. The molecule has 0 bridgehead atoms. The predicted molar refractivity (Wildman–Crippen MR) is 68.9 cm³/mol. The quantitative estimate of drug-likeness (QED) is 0.885. The van der Waals surface area contributed by atoms with Gasteiger partial charge in [-0.15, -0.1) is 0 Å². The van der Waals surface area contributed by atoms with Gasteiger partial charge in [0.15, 0.2) is 11.3 Å². The number of methoxy groups -OCH3 is 1. The smallest absolute Gasteiger partial charge is 0.176 e. The molecule has 1 aromatic carbocycles. The predicted octanol–water partition coefficient (Wildman–Crippen LogP) is 2.49. The van der Waals surface area contributed by atoms with Crippen LogP contribution in [0.4, 0.5) is 0 Å². The normalized spacial score (nSPS) is 20.8. The Balaban J connectivity index is 2.03. The van der Waals surface area contributed by atoms with Gasteiger partial charge >= 0.3 is 0 Å². The lowest BCUT2D eigenvalue weighted by Crippen LogP contribution is -2.23. The largest absolute Gasteiger partial charge is 0.493 e. The summed E-state index contributed by atoms with van der Waals surface area (Å²) in [4.78, 5) is 0. The molecule has 96 valence electrons. The van der Waals surface area contributed by atoms with Crippen LogP contribution in [0.25, 0.3) is 11.0 Å². The summed E-state index contributed by atoms with van der Waals surface area (Å²) in [7, 11) is 1.66. The van der Waals surface area contributed by atoms with Crippen LogP contribution in [0.1, 0.15) is 18.0 Å². The maximum absolute atomic E-state index is 5.62. The molecule has 1 saturated heterocycles. The van der Waals surface area contributed by atoms with Crippen molar-refractivity contribution >= 4 is 11.0 Å². The van der Waals surface area contributed by atoms with Gasteiger partial charge in [-0.2, -0.15) is 0 Å². The van der Waals surface area contributed by atoms with E-state index in [1.165, 1.54) is 5.56 Å². The van der Waals surface area contributed by atoms with Crippen molar-refractivity contribution in [2.75, 3.05) is 26.9 Å². The SMILES string of the molecule is COc1ccc(C2COCCCN2)c2ccoc12. The number of nitrogens with one attached hydrogen (secondary N) is 1. The van der Waals surface area contributed by atoms with Crippen LogP contribution in [0.5, 0.6) is 5.75 Å². The molecule has 2 aromatic rings. The van der Waals surface area contributed by atoms with Crippen LogP contribution in [0.15, 0.2) is 28.9 Å². The van der Waals surface area contributed by atoms with Crippen molar-refractivity contribution in [2.24, 2.45) is 0 Å². The first-order valence-electron chi connectivity index (χ1n) is 6.25. The van der Waals surface area contributed by atoms with E-state index in [9.17, 15) is 0 Å². The molecule has 0 saturated carbocycles. The molecule has 4 heteroatoms. The second-order valence-electron chi connectivity index (χ2n) is 4.46. The van der Waals surface area contributed by atoms with Gasteiger partial charge in [0.1, 0.15) is 0 Å². The van der Waals surface area contributed by atoms with Gasteiger partial charge in [-0.1, -0.05) is 6.07 Å². The van der Waals surface area contributed by atoms with Crippen LogP contribution in [-0.2, 0) is 4.74 Å². The Morgan fingerprint density at radius 3 is 3.17 bits per heavy atom. The van der Waals surface area contributed by atoms with Crippen LogP contribution in [0, 0.1) is 0 Å². The van der Waals surface area contributed by atoms with Gasteiger partial charge in [-0.25, -0.2) is 0 Å². The molecule has 1 aliphatic rings. The summed E-state index contributed by atoms with van der Waals surface area (Å²) in [5.74, 6) is 0.772. The number of furan rings is 1. The number of hydrogen-bond donors (Lipinski definition) is 1. The van der Waals surface area contributed by atoms with Crippen molar-refractivity contribution < 1.29 is 13.9 Å². The lowest BCUT2D eigenvalue weighted by atomic mass is 10.0. The Hall–Kier alpha value is -1.52. The Labute approximate surface area is 106 Å². The highest BCUT2D eigenvalue weighted by molar-refractivity contribution is 5.86. The van der Waals surface area contributed by atoms with Gasteiger partial charge in [0.2, 0.25) is 0 Å². The summed E-state index contributed by atoms with van der Waals surface area (Å²) in [6, 6.07) is 6.25. The molecule has 18 heavy (non-hydrogen) atoms. The summed E-state index contributed by atoms with van der Waals surface area (Å²) in [6.45, 7) is 2.51. The topological polar surface area (TPSA) is 43.6 Å². The molecule has 0 aliphatic carbocycles. The van der Waals surface area contributed by atoms with E-state index in [4.69, 9.17) is 13.9 Å². The molecule has 1 fully saturated rings. The van der Waals surface area contributed by atoms with Crippen molar-refractivity contribution in [1.82, 2.24) is 5.32 Å². The fourth-order valence-electron chi connectivity index (χ4n) is 2.43. The lowest BCUT2D eigenvalue weighted by molar-refractivity contribution is 0.132. The fraction of sp³-hybridized carbons (Fsp3) is 0.429. The van der Waals surface area contributed by atoms with Crippen LogP contribution >= 0.6 is 0 Å².